The molecule has 0 aliphatic heterocycles. The fourth-order valence-electron chi connectivity index (χ4n) is 1.85. The lowest BCUT2D eigenvalue weighted by atomic mass is 9.94. The van der Waals surface area contributed by atoms with Crippen LogP contribution < -0.4 is 11.2 Å². The summed E-state index contributed by atoms with van der Waals surface area (Å²) in [5.41, 5.74) is 11.9. The van der Waals surface area contributed by atoms with E-state index in [9.17, 15) is 9.90 Å². The van der Waals surface area contributed by atoms with E-state index in [0.29, 0.717) is 0 Å². The van der Waals surface area contributed by atoms with E-state index in [-0.39, 0.29) is 6.61 Å². The normalized spacial score (nSPS) is 10.8. The molecular formula is C12H17N3O2. The van der Waals surface area contributed by atoms with Crippen LogP contribution in [0.3, 0.4) is 0 Å². The first-order chi connectivity index (χ1) is 7.97. The van der Waals surface area contributed by atoms with Crippen molar-refractivity contribution in [2.75, 3.05) is 0 Å². The predicted molar refractivity (Wildman–Crippen MR) is 66.9 cm³/mol. The number of rotatable bonds is 3. The van der Waals surface area contributed by atoms with Crippen LogP contribution in [0.5, 0.6) is 0 Å². The van der Waals surface area contributed by atoms with Gasteiger partial charge in [-0.15, -0.1) is 0 Å². The second kappa shape index (κ2) is 5.45. The molecule has 1 aromatic rings. The minimum Gasteiger partial charge on any atom is -0.392 e. The Morgan fingerprint density at radius 1 is 1.47 bits per heavy atom. The SMILES string of the molecule is Cc1cc(C)c(CO)c(C)c1/C=N\NC(N)=O. The van der Waals surface area contributed by atoms with Gasteiger partial charge in [-0.1, -0.05) is 6.07 Å². The highest BCUT2D eigenvalue weighted by molar-refractivity contribution is 5.85. The lowest BCUT2D eigenvalue weighted by molar-refractivity contribution is 0.249. The number of nitrogens with two attached hydrogens (primary N) is 1. The van der Waals surface area contributed by atoms with Gasteiger partial charge in [0.05, 0.1) is 12.8 Å². The topological polar surface area (TPSA) is 87.7 Å². The number of hydrogen-bond acceptors (Lipinski definition) is 3. The molecular weight excluding hydrogens is 218 g/mol. The summed E-state index contributed by atoms with van der Waals surface area (Å²) in [4.78, 5) is 10.5. The Labute approximate surface area is 100 Å². The Morgan fingerprint density at radius 2 is 2.12 bits per heavy atom. The lowest BCUT2D eigenvalue weighted by Gasteiger charge is -2.12. The maximum absolute atomic E-state index is 10.5. The highest BCUT2D eigenvalue weighted by Gasteiger charge is 2.08. The summed E-state index contributed by atoms with van der Waals surface area (Å²) in [6.07, 6.45) is 1.54. The lowest BCUT2D eigenvalue weighted by Crippen LogP contribution is -2.24. The molecule has 0 aliphatic carbocycles. The molecule has 5 heteroatoms. The van der Waals surface area contributed by atoms with E-state index < -0.39 is 6.03 Å². The fourth-order valence-corrected chi connectivity index (χ4v) is 1.85. The molecule has 0 aliphatic rings. The van der Waals surface area contributed by atoms with Crippen LogP contribution in [0.1, 0.15) is 27.8 Å². The van der Waals surface area contributed by atoms with Gasteiger partial charge in [0, 0.05) is 5.56 Å². The number of aryl methyl sites for hydroxylation is 2. The van der Waals surface area contributed by atoms with Crippen LogP contribution in [0.25, 0.3) is 0 Å². The number of carbonyl (C=O) groups is 1. The molecule has 92 valence electrons. The zero-order valence-corrected chi connectivity index (χ0v) is 10.2. The van der Waals surface area contributed by atoms with Gasteiger partial charge in [-0.2, -0.15) is 5.10 Å². The Balaban J connectivity index is 3.15. The quantitative estimate of drug-likeness (QED) is 0.541. The van der Waals surface area contributed by atoms with Crippen LogP contribution >= 0.6 is 0 Å². The molecule has 17 heavy (non-hydrogen) atoms. The Bertz CT molecular complexity index is 467. The zero-order chi connectivity index (χ0) is 13.0. The number of primary amides is 1. The van der Waals surface area contributed by atoms with E-state index in [4.69, 9.17) is 5.73 Å². The molecule has 0 radical (unpaired) electrons. The van der Waals surface area contributed by atoms with Gasteiger partial charge in [-0.3, -0.25) is 0 Å². The number of hydrogen-bond donors (Lipinski definition) is 3. The first-order valence-electron chi connectivity index (χ1n) is 5.26. The van der Waals surface area contributed by atoms with Crippen LogP contribution in [0, 0.1) is 20.8 Å². The van der Waals surface area contributed by atoms with Crippen molar-refractivity contribution in [1.29, 1.82) is 0 Å². The van der Waals surface area contributed by atoms with Crippen molar-refractivity contribution in [3.8, 4) is 0 Å². The highest BCUT2D eigenvalue weighted by atomic mass is 16.3. The number of nitrogens with zero attached hydrogens (tertiary/aromatic N) is 1. The molecule has 0 saturated heterocycles. The van der Waals surface area contributed by atoms with Gasteiger partial charge in [-0.25, -0.2) is 10.2 Å². The monoisotopic (exact) mass is 235 g/mol. The third kappa shape index (κ3) is 3.04. The number of aliphatic hydroxyl groups is 1. The number of aliphatic hydroxyl groups excluding tert-OH is 1. The third-order valence-corrected chi connectivity index (χ3v) is 2.72. The minimum absolute atomic E-state index is 0.0119. The van der Waals surface area contributed by atoms with Gasteiger partial charge in [0.1, 0.15) is 0 Å². The van der Waals surface area contributed by atoms with E-state index in [1.807, 2.05) is 26.8 Å². The summed E-state index contributed by atoms with van der Waals surface area (Å²) in [6.45, 7) is 5.81. The fraction of sp³-hybridized carbons (Fsp3) is 0.333. The maximum Gasteiger partial charge on any atom is 0.332 e. The molecule has 0 bridgehead atoms. The van der Waals surface area contributed by atoms with Crippen molar-refractivity contribution in [3.05, 3.63) is 33.9 Å². The molecule has 1 aromatic carbocycles. The average molecular weight is 235 g/mol. The average Bonchev–Trinajstić information content (AvgIpc) is 2.22. The second-order valence-electron chi connectivity index (χ2n) is 3.92. The van der Waals surface area contributed by atoms with E-state index in [1.54, 1.807) is 0 Å². The van der Waals surface area contributed by atoms with E-state index in [0.717, 1.165) is 27.8 Å². The van der Waals surface area contributed by atoms with Crippen molar-refractivity contribution >= 4 is 12.2 Å². The molecule has 0 unspecified atom stereocenters. The number of hydrazone groups is 1. The molecule has 0 spiro atoms. The van der Waals surface area contributed by atoms with Crippen molar-refractivity contribution in [3.63, 3.8) is 0 Å². The van der Waals surface area contributed by atoms with E-state index in [2.05, 4.69) is 10.5 Å². The summed E-state index contributed by atoms with van der Waals surface area (Å²) in [5.74, 6) is 0. The van der Waals surface area contributed by atoms with E-state index in [1.165, 1.54) is 6.21 Å². The maximum atomic E-state index is 10.5. The van der Waals surface area contributed by atoms with Crippen LogP contribution in [0.2, 0.25) is 0 Å². The summed E-state index contributed by atoms with van der Waals surface area (Å²) in [7, 11) is 0. The van der Waals surface area contributed by atoms with Crippen LogP contribution in [-0.4, -0.2) is 17.4 Å². The van der Waals surface area contributed by atoms with Gasteiger partial charge in [-0.05, 0) is 43.0 Å². The van der Waals surface area contributed by atoms with Crippen molar-refractivity contribution < 1.29 is 9.90 Å². The summed E-state index contributed by atoms with van der Waals surface area (Å²) in [5, 5.41) is 13.0. The van der Waals surface area contributed by atoms with Crippen LogP contribution in [-0.2, 0) is 6.61 Å². The van der Waals surface area contributed by atoms with Crippen molar-refractivity contribution in [2.45, 2.75) is 27.4 Å². The molecule has 0 atom stereocenters. The Morgan fingerprint density at radius 3 is 2.65 bits per heavy atom. The smallest absolute Gasteiger partial charge is 0.332 e. The first kappa shape index (κ1) is 13.2. The predicted octanol–water partition coefficient (Wildman–Crippen LogP) is 1.11. The molecule has 0 saturated carbocycles. The van der Waals surface area contributed by atoms with Crippen LogP contribution in [0.4, 0.5) is 4.79 Å². The molecule has 1 rings (SSSR count). The van der Waals surface area contributed by atoms with E-state index >= 15 is 0 Å². The Hall–Kier alpha value is -1.88. The standard InChI is InChI=1S/C12H17N3O2/c1-7-4-8(2)11(6-16)9(3)10(7)5-14-15-12(13)17/h4-5,16H,6H2,1-3H3,(H3,13,15,17)/b14-5-. The summed E-state index contributed by atoms with van der Waals surface area (Å²) >= 11 is 0. The van der Waals surface area contributed by atoms with Gasteiger partial charge >= 0.3 is 6.03 Å². The third-order valence-electron chi connectivity index (χ3n) is 2.72. The number of amides is 2. The van der Waals surface area contributed by atoms with Gasteiger partial charge in [0.2, 0.25) is 0 Å². The van der Waals surface area contributed by atoms with Gasteiger partial charge in [0.25, 0.3) is 0 Å². The van der Waals surface area contributed by atoms with Crippen molar-refractivity contribution in [2.24, 2.45) is 10.8 Å². The number of benzene rings is 1. The largest absolute Gasteiger partial charge is 0.392 e. The zero-order valence-electron chi connectivity index (χ0n) is 10.2. The second-order valence-corrected chi connectivity index (χ2v) is 3.92. The van der Waals surface area contributed by atoms with Crippen LogP contribution in [0.15, 0.2) is 11.2 Å². The molecule has 0 aromatic heterocycles. The Kier molecular flexibility index (Phi) is 4.23. The molecule has 5 nitrogen and oxygen atoms in total. The van der Waals surface area contributed by atoms with Gasteiger partial charge < -0.3 is 10.8 Å². The summed E-state index contributed by atoms with van der Waals surface area (Å²) < 4.78 is 0. The summed E-state index contributed by atoms with van der Waals surface area (Å²) in [6, 6.07) is 1.27. The number of carbonyl (C=O) groups excluding carboxylic acids is 1. The molecule has 0 heterocycles. The number of nitrogens with one attached hydrogen (secondary N) is 1. The first-order valence-corrected chi connectivity index (χ1v) is 5.26. The number of urea groups is 1. The molecule has 0 fully saturated rings. The molecule has 2 amide bonds. The minimum atomic E-state index is -0.703. The van der Waals surface area contributed by atoms with Crippen molar-refractivity contribution in [1.82, 2.24) is 5.43 Å². The van der Waals surface area contributed by atoms with Gasteiger partial charge in [0.15, 0.2) is 0 Å². The highest BCUT2D eigenvalue weighted by Crippen LogP contribution is 2.20. The molecule has 4 N–H and O–H groups in total.